The van der Waals surface area contributed by atoms with Crippen LogP contribution in [0.25, 0.3) is 10.9 Å². The van der Waals surface area contributed by atoms with Gasteiger partial charge in [-0.15, -0.1) is 24.0 Å². The molecule has 0 aliphatic carbocycles. The standard InChI is InChI=1S/C21H25N5O.HI/c1-23-21(25-15-16-6-4-8-18(14-16)20(22)27)24-11-5-12-26-13-10-17-7-2-3-9-19(17)26;/h2-4,6-10,13-14H,5,11-12,15H2,1H3,(H2,22,27)(H2,23,24,25);1H. The van der Waals surface area contributed by atoms with E-state index < -0.39 is 5.91 Å². The van der Waals surface area contributed by atoms with E-state index in [0.717, 1.165) is 31.0 Å². The lowest BCUT2D eigenvalue weighted by Gasteiger charge is -2.13. The molecule has 28 heavy (non-hydrogen) atoms. The molecule has 1 heterocycles. The fourth-order valence-electron chi connectivity index (χ4n) is 3.03. The summed E-state index contributed by atoms with van der Waals surface area (Å²) >= 11 is 0. The fourth-order valence-corrected chi connectivity index (χ4v) is 3.03. The number of aliphatic imine (C=N–C) groups is 1. The molecule has 2 aromatic carbocycles. The molecule has 3 rings (SSSR count). The number of nitrogens with one attached hydrogen (secondary N) is 2. The third-order valence-corrected chi connectivity index (χ3v) is 4.44. The number of halogens is 1. The number of carbonyl (C=O) groups excluding carboxylic acids is 1. The van der Waals surface area contributed by atoms with Crippen molar-refractivity contribution in [2.75, 3.05) is 13.6 Å². The number of nitrogens with zero attached hydrogens (tertiary/aromatic N) is 2. The molecule has 0 saturated carbocycles. The lowest BCUT2D eigenvalue weighted by atomic mass is 10.1. The first-order valence-corrected chi connectivity index (χ1v) is 9.04. The van der Waals surface area contributed by atoms with Gasteiger partial charge in [-0.2, -0.15) is 0 Å². The van der Waals surface area contributed by atoms with Gasteiger partial charge < -0.3 is 20.9 Å². The zero-order chi connectivity index (χ0) is 19.1. The monoisotopic (exact) mass is 491 g/mol. The van der Waals surface area contributed by atoms with Crippen LogP contribution >= 0.6 is 24.0 Å². The van der Waals surface area contributed by atoms with Crippen LogP contribution in [0.5, 0.6) is 0 Å². The number of guanidine groups is 1. The third kappa shape index (κ3) is 5.72. The predicted molar refractivity (Wildman–Crippen MR) is 125 cm³/mol. The van der Waals surface area contributed by atoms with Gasteiger partial charge in [-0.1, -0.05) is 30.3 Å². The van der Waals surface area contributed by atoms with E-state index in [1.165, 1.54) is 10.9 Å². The van der Waals surface area contributed by atoms with E-state index in [1.54, 1.807) is 19.2 Å². The summed E-state index contributed by atoms with van der Waals surface area (Å²) in [5, 5.41) is 7.84. The Morgan fingerprint density at radius 1 is 1.11 bits per heavy atom. The molecule has 0 aliphatic heterocycles. The molecule has 6 nitrogen and oxygen atoms in total. The van der Waals surface area contributed by atoms with Crippen molar-refractivity contribution in [1.82, 2.24) is 15.2 Å². The quantitative estimate of drug-likeness (QED) is 0.206. The summed E-state index contributed by atoms with van der Waals surface area (Å²) in [5.74, 6) is 0.314. The van der Waals surface area contributed by atoms with E-state index in [2.05, 4.69) is 56.7 Å². The van der Waals surface area contributed by atoms with Crippen LogP contribution in [0.4, 0.5) is 0 Å². The number of aryl methyl sites for hydroxylation is 1. The minimum absolute atomic E-state index is 0. The van der Waals surface area contributed by atoms with Crippen LogP contribution in [-0.4, -0.2) is 30.0 Å². The van der Waals surface area contributed by atoms with Crippen molar-refractivity contribution in [2.45, 2.75) is 19.5 Å². The molecular weight excluding hydrogens is 465 g/mol. The van der Waals surface area contributed by atoms with E-state index in [-0.39, 0.29) is 24.0 Å². The maximum Gasteiger partial charge on any atom is 0.248 e. The highest BCUT2D eigenvalue weighted by molar-refractivity contribution is 14.0. The second kappa shape index (κ2) is 10.7. The maximum atomic E-state index is 11.3. The van der Waals surface area contributed by atoms with Crippen molar-refractivity contribution < 1.29 is 4.79 Å². The number of fused-ring (bicyclic) bond motifs is 1. The first-order valence-electron chi connectivity index (χ1n) is 9.04. The van der Waals surface area contributed by atoms with Gasteiger partial charge in [0.1, 0.15) is 0 Å². The Hall–Kier alpha value is -2.55. The molecular formula is C21H26IN5O. The molecule has 0 saturated heterocycles. The van der Waals surface area contributed by atoms with Crippen molar-refractivity contribution in [1.29, 1.82) is 0 Å². The van der Waals surface area contributed by atoms with Crippen molar-refractivity contribution in [3.8, 4) is 0 Å². The third-order valence-electron chi connectivity index (χ3n) is 4.44. The van der Waals surface area contributed by atoms with Crippen LogP contribution in [0.1, 0.15) is 22.3 Å². The van der Waals surface area contributed by atoms with Crippen LogP contribution in [0, 0.1) is 0 Å². The summed E-state index contributed by atoms with van der Waals surface area (Å²) in [6.07, 6.45) is 3.11. The lowest BCUT2D eigenvalue weighted by molar-refractivity contribution is 0.1000. The Morgan fingerprint density at radius 3 is 2.71 bits per heavy atom. The van der Waals surface area contributed by atoms with Crippen LogP contribution in [0.2, 0.25) is 0 Å². The maximum absolute atomic E-state index is 11.3. The van der Waals surface area contributed by atoms with Crippen molar-refractivity contribution in [3.05, 3.63) is 71.9 Å². The minimum atomic E-state index is -0.420. The van der Waals surface area contributed by atoms with Crippen molar-refractivity contribution in [2.24, 2.45) is 10.7 Å². The minimum Gasteiger partial charge on any atom is -0.366 e. The molecule has 0 radical (unpaired) electrons. The molecule has 0 unspecified atom stereocenters. The molecule has 3 aromatic rings. The number of amides is 1. The molecule has 0 bridgehead atoms. The fraction of sp³-hybridized carbons (Fsp3) is 0.238. The number of hydrogen-bond donors (Lipinski definition) is 3. The molecule has 0 fully saturated rings. The van der Waals surface area contributed by atoms with Crippen molar-refractivity contribution >= 4 is 46.7 Å². The van der Waals surface area contributed by atoms with Gasteiger partial charge in [0.25, 0.3) is 0 Å². The molecule has 0 atom stereocenters. The molecule has 7 heteroatoms. The lowest BCUT2D eigenvalue weighted by Crippen LogP contribution is -2.37. The van der Waals surface area contributed by atoms with Gasteiger partial charge in [0, 0.05) is 44.0 Å². The summed E-state index contributed by atoms with van der Waals surface area (Å²) in [5.41, 5.74) is 8.07. The van der Waals surface area contributed by atoms with Gasteiger partial charge in [0.05, 0.1) is 0 Å². The number of carbonyl (C=O) groups is 1. The first-order chi connectivity index (χ1) is 13.2. The summed E-state index contributed by atoms with van der Waals surface area (Å²) in [7, 11) is 1.74. The van der Waals surface area contributed by atoms with E-state index in [4.69, 9.17) is 5.73 Å². The average molecular weight is 491 g/mol. The highest BCUT2D eigenvalue weighted by Crippen LogP contribution is 2.15. The first kappa shape index (κ1) is 21.7. The SMILES string of the molecule is CN=C(NCCCn1ccc2ccccc21)NCc1cccc(C(N)=O)c1.I. The number of primary amides is 1. The topological polar surface area (TPSA) is 84.4 Å². The van der Waals surface area contributed by atoms with Gasteiger partial charge in [0.2, 0.25) is 5.91 Å². The van der Waals surface area contributed by atoms with Gasteiger partial charge in [0.15, 0.2) is 5.96 Å². The average Bonchev–Trinajstić information content (AvgIpc) is 3.11. The summed E-state index contributed by atoms with van der Waals surface area (Å²) < 4.78 is 2.27. The van der Waals surface area contributed by atoms with Crippen LogP contribution in [-0.2, 0) is 13.1 Å². The molecule has 148 valence electrons. The Kier molecular flexibility index (Phi) is 8.31. The Bertz CT molecular complexity index is 951. The predicted octanol–water partition coefficient (Wildman–Crippen LogP) is 3.11. The van der Waals surface area contributed by atoms with E-state index in [0.29, 0.717) is 12.1 Å². The summed E-state index contributed by atoms with van der Waals surface area (Å²) in [6.45, 7) is 2.33. The van der Waals surface area contributed by atoms with Gasteiger partial charge in [-0.25, -0.2) is 0 Å². The molecule has 4 N–H and O–H groups in total. The zero-order valence-electron chi connectivity index (χ0n) is 15.9. The van der Waals surface area contributed by atoms with Crippen molar-refractivity contribution in [3.63, 3.8) is 0 Å². The molecule has 0 spiro atoms. The van der Waals surface area contributed by atoms with Crippen LogP contribution < -0.4 is 16.4 Å². The molecule has 0 aliphatic rings. The Balaban J connectivity index is 0.00000280. The van der Waals surface area contributed by atoms with Gasteiger partial charge in [-0.3, -0.25) is 9.79 Å². The van der Waals surface area contributed by atoms with E-state index in [1.807, 2.05) is 12.1 Å². The van der Waals surface area contributed by atoms with Crippen LogP contribution in [0.15, 0.2) is 65.8 Å². The normalized spacial score (nSPS) is 11.1. The molecule has 1 amide bonds. The number of rotatable bonds is 7. The largest absolute Gasteiger partial charge is 0.366 e. The second-order valence-corrected chi connectivity index (χ2v) is 6.34. The Labute approximate surface area is 182 Å². The molecule has 1 aromatic heterocycles. The van der Waals surface area contributed by atoms with Crippen LogP contribution in [0.3, 0.4) is 0 Å². The summed E-state index contributed by atoms with van der Waals surface area (Å²) in [4.78, 5) is 15.5. The number of para-hydroxylation sites is 1. The van der Waals surface area contributed by atoms with Gasteiger partial charge >= 0.3 is 0 Å². The second-order valence-electron chi connectivity index (χ2n) is 6.34. The highest BCUT2D eigenvalue weighted by atomic mass is 127. The van der Waals surface area contributed by atoms with E-state index in [9.17, 15) is 4.79 Å². The number of nitrogens with two attached hydrogens (primary N) is 1. The smallest absolute Gasteiger partial charge is 0.248 e. The number of aromatic nitrogens is 1. The van der Waals surface area contributed by atoms with E-state index >= 15 is 0 Å². The van der Waals surface area contributed by atoms with Gasteiger partial charge in [-0.05, 0) is 41.6 Å². The number of hydrogen-bond acceptors (Lipinski definition) is 2. The Morgan fingerprint density at radius 2 is 1.93 bits per heavy atom. The number of benzene rings is 2. The summed E-state index contributed by atoms with van der Waals surface area (Å²) in [6, 6.07) is 17.8. The zero-order valence-corrected chi connectivity index (χ0v) is 18.2. The highest BCUT2D eigenvalue weighted by Gasteiger charge is 2.03.